The number of carbonyl (C=O) groups is 1. The lowest BCUT2D eigenvalue weighted by molar-refractivity contribution is 0.0159. The maximum Gasteiger partial charge on any atom is 0.407 e. The molecule has 2 rings (SSSR count). The van der Waals surface area contributed by atoms with E-state index in [0.717, 1.165) is 11.1 Å². The van der Waals surface area contributed by atoms with Gasteiger partial charge in [0, 0.05) is 6.54 Å². The van der Waals surface area contributed by atoms with Crippen molar-refractivity contribution in [2.24, 2.45) is 5.73 Å². The van der Waals surface area contributed by atoms with Crippen LogP contribution in [0.3, 0.4) is 0 Å². The quantitative estimate of drug-likeness (QED) is 0.645. The second-order valence-corrected chi connectivity index (χ2v) is 5.67. The fraction of sp³-hybridized carbons (Fsp3) is 0.316. The van der Waals surface area contributed by atoms with Gasteiger partial charge in [0.15, 0.2) is 0 Å². The molecule has 0 aliphatic heterocycles. The number of hydrogen-bond donors (Lipinski definition) is 3. The largest absolute Gasteiger partial charge is 0.445 e. The number of rotatable bonds is 9. The molecule has 134 valence electrons. The summed E-state index contributed by atoms with van der Waals surface area (Å²) in [4.78, 5) is 11.6. The number of hydrogen-bond acceptors (Lipinski definition) is 5. The lowest BCUT2D eigenvalue weighted by atomic mass is 10.2. The maximum atomic E-state index is 11.6. The van der Waals surface area contributed by atoms with Gasteiger partial charge in [-0.05, 0) is 11.1 Å². The van der Waals surface area contributed by atoms with Crippen LogP contribution in [0.25, 0.3) is 0 Å². The summed E-state index contributed by atoms with van der Waals surface area (Å²) >= 11 is 0. The zero-order valence-corrected chi connectivity index (χ0v) is 14.0. The van der Waals surface area contributed by atoms with E-state index >= 15 is 0 Å². The monoisotopic (exact) mass is 344 g/mol. The van der Waals surface area contributed by atoms with E-state index in [4.69, 9.17) is 15.2 Å². The Labute approximate surface area is 147 Å². The van der Waals surface area contributed by atoms with Gasteiger partial charge in [-0.15, -0.1) is 0 Å². The molecule has 0 bridgehead atoms. The van der Waals surface area contributed by atoms with Gasteiger partial charge in [-0.2, -0.15) is 0 Å². The molecule has 0 saturated heterocycles. The van der Waals surface area contributed by atoms with Crippen molar-refractivity contribution in [3.63, 3.8) is 0 Å². The molecule has 6 nitrogen and oxygen atoms in total. The summed E-state index contributed by atoms with van der Waals surface area (Å²) in [6, 6.07) is 18.4. The van der Waals surface area contributed by atoms with Crippen LogP contribution in [0.2, 0.25) is 0 Å². The minimum Gasteiger partial charge on any atom is -0.445 e. The first-order chi connectivity index (χ1) is 12.1. The highest BCUT2D eigenvalue weighted by atomic mass is 16.5. The number of carbonyl (C=O) groups excluding carboxylic acids is 1. The van der Waals surface area contributed by atoms with Crippen molar-refractivity contribution in [3.05, 3.63) is 71.8 Å². The van der Waals surface area contributed by atoms with E-state index in [2.05, 4.69) is 5.32 Å². The van der Waals surface area contributed by atoms with Gasteiger partial charge in [-0.25, -0.2) is 4.79 Å². The van der Waals surface area contributed by atoms with Crippen molar-refractivity contribution < 1.29 is 19.4 Å². The van der Waals surface area contributed by atoms with Crippen LogP contribution in [0.15, 0.2) is 60.7 Å². The van der Waals surface area contributed by atoms with Crippen molar-refractivity contribution in [2.75, 3.05) is 13.2 Å². The van der Waals surface area contributed by atoms with Gasteiger partial charge in [0.1, 0.15) is 6.61 Å². The molecule has 0 heterocycles. The van der Waals surface area contributed by atoms with Crippen LogP contribution < -0.4 is 11.1 Å². The van der Waals surface area contributed by atoms with Gasteiger partial charge in [0.05, 0.1) is 25.4 Å². The number of benzene rings is 2. The fourth-order valence-corrected chi connectivity index (χ4v) is 2.11. The zero-order chi connectivity index (χ0) is 17.9. The van der Waals surface area contributed by atoms with Gasteiger partial charge in [0.2, 0.25) is 0 Å². The second kappa shape index (κ2) is 10.5. The lowest BCUT2D eigenvalue weighted by Gasteiger charge is -2.19. The first-order valence-corrected chi connectivity index (χ1v) is 8.15. The topological polar surface area (TPSA) is 93.8 Å². The second-order valence-electron chi connectivity index (χ2n) is 5.67. The Balaban J connectivity index is 1.60. The smallest absolute Gasteiger partial charge is 0.407 e. The number of nitrogens with two attached hydrogens (primary N) is 1. The third-order valence-electron chi connectivity index (χ3n) is 3.59. The standard InChI is InChI=1S/C19H24N2O4/c20-17(18(22)14-24-12-15-7-3-1-4-8-15)11-21-19(23)25-13-16-9-5-2-6-10-16/h1-10,17-18,22H,11-14,20H2,(H,21,23). The first-order valence-electron chi connectivity index (χ1n) is 8.15. The Morgan fingerprint density at radius 3 is 2.16 bits per heavy atom. The van der Waals surface area contributed by atoms with Crippen LogP contribution in [-0.2, 0) is 22.7 Å². The SMILES string of the molecule is NC(CNC(=O)OCc1ccccc1)C(O)COCc1ccccc1. The summed E-state index contributed by atoms with van der Waals surface area (Å²) in [7, 11) is 0. The Kier molecular flexibility index (Phi) is 7.91. The summed E-state index contributed by atoms with van der Waals surface area (Å²) < 4.78 is 10.5. The Morgan fingerprint density at radius 2 is 1.56 bits per heavy atom. The van der Waals surface area contributed by atoms with Crippen LogP contribution in [0, 0.1) is 0 Å². The number of aliphatic hydroxyl groups is 1. The maximum absolute atomic E-state index is 11.6. The Hall–Kier alpha value is -2.41. The van der Waals surface area contributed by atoms with Gasteiger partial charge in [-0.1, -0.05) is 60.7 Å². The average molecular weight is 344 g/mol. The molecule has 2 unspecified atom stereocenters. The molecule has 2 aromatic carbocycles. The van der Waals surface area contributed by atoms with E-state index in [1.165, 1.54) is 0 Å². The summed E-state index contributed by atoms with van der Waals surface area (Å²) in [5.41, 5.74) is 7.77. The van der Waals surface area contributed by atoms with Crippen molar-refractivity contribution in [2.45, 2.75) is 25.4 Å². The van der Waals surface area contributed by atoms with Crippen molar-refractivity contribution in [3.8, 4) is 0 Å². The highest BCUT2D eigenvalue weighted by Crippen LogP contribution is 2.02. The number of amides is 1. The van der Waals surface area contributed by atoms with Crippen LogP contribution in [0.1, 0.15) is 11.1 Å². The molecular weight excluding hydrogens is 320 g/mol. The summed E-state index contributed by atoms with van der Waals surface area (Å²) in [5.74, 6) is 0. The summed E-state index contributed by atoms with van der Waals surface area (Å²) in [5, 5.41) is 12.5. The third kappa shape index (κ3) is 7.34. The first kappa shape index (κ1) is 18.9. The van der Waals surface area contributed by atoms with Crippen molar-refractivity contribution in [1.29, 1.82) is 0 Å². The summed E-state index contributed by atoms with van der Waals surface area (Å²) in [6.45, 7) is 0.780. The van der Waals surface area contributed by atoms with E-state index in [1.807, 2.05) is 60.7 Å². The minimum atomic E-state index is -0.877. The van der Waals surface area contributed by atoms with Gasteiger partial charge in [-0.3, -0.25) is 0 Å². The predicted octanol–water partition coefficient (Wildman–Crippen LogP) is 1.82. The molecule has 25 heavy (non-hydrogen) atoms. The molecular formula is C19H24N2O4. The number of aliphatic hydroxyl groups excluding tert-OH is 1. The molecule has 1 amide bonds. The Bertz CT molecular complexity index is 622. The molecule has 0 saturated carbocycles. The average Bonchev–Trinajstić information content (AvgIpc) is 2.66. The van der Waals surface area contributed by atoms with Crippen LogP contribution in [0.4, 0.5) is 4.79 Å². The predicted molar refractivity (Wildman–Crippen MR) is 94.7 cm³/mol. The van der Waals surface area contributed by atoms with Gasteiger partial charge < -0.3 is 25.6 Å². The van der Waals surface area contributed by atoms with Crippen LogP contribution in [0.5, 0.6) is 0 Å². The molecule has 0 aliphatic rings. The molecule has 2 aromatic rings. The van der Waals surface area contributed by atoms with Gasteiger partial charge >= 0.3 is 6.09 Å². The van der Waals surface area contributed by atoms with Crippen LogP contribution in [-0.4, -0.2) is 36.5 Å². The Morgan fingerprint density at radius 1 is 1.00 bits per heavy atom. The fourth-order valence-electron chi connectivity index (χ4n) is 2.11. The molecule has 0 aliphatic carbocycles. The molecule has 0 aromatic heterocycles. The lowest BCUT2D eigenvalue weighted by Crippen LogP contribution is -2.46. The van der Waals surface area contributed by atoms with E-state index < -0.39 is 18.2 Å². The number of ether oxygens (including phenoxy) is 2. The van der Waals surface area contributed by atoms with E-state index in [1.54, 1.807) is 0 Å². The molecule has 4 N–H and O–H groups in total. The van der Waals surface area contributed by atoms with E-state index in [0.29, 0.717) is 6.61 Å². The summed E-state index contributed by atoms with van der Waals surface area (Å²) in [6.07, 6.45) is -1.45. The number of alkyl carbamates (subject to hydrolysis) is 1. The minimum absolute atomic E-state index is 0.0941. The van der Waals surface area contributed by atoms with Gasteiger partial charge in [0.25, 0.3) is 0 Å². The molecule has 2 atom stereocenters. The normalized spacial score (nSPS) is 13.0. The highest BCUT2D eigenvalue weighted by Gasteiger charge is 2.16. The van der Waals surface area contributed by atoms with Crippen molar-refractivity contribution >= 4 is 6.09 Å². The third-order valence-corrected chi connectivity index (χ3v) is 3.59. The zero-order valence-electron chi connectivity index (χ0n) is 14.0. The highest BCUT2D eigenvalue weighted by molar-refractivity contribution is 5.67. The van der Waals surface area contributed by atoms with E-state index in [-0.39, 0.29) is 19.8 Å². The molecule has 0 fully saturated rings. The van der Waals surface area contributed by atoms with Crippen molar-refractivity contribution in [1.82, 2.24) is 5.32 Å². The number of nitrogens with one attached hydrogen (secondary N) is 1. The molecule has 6 heteroatoms. The molecule has 0 radical (unpaired) electrons. The van der Waals surface area contributed by atoms with Crippen LogP contribution >= 0.6 is 0 Å². The molecule has 0 spiro atoms. The van der Waals surface area contributed by atoms with E-state index in [9.17, 15) is 9.90 Å².